The average Bonchev–Trinajstić information content (AvgIpc) is 3.24. The molecule has 1 unspecified atom stereocenters. The summed E-state index contributed by atoms with van der Waals surface area (Å²) in [6, 6.07) is 21.0. The zero-order chi connectivity index (χ0) is 19.3. The highest BCUT2D eigenvalue weighted by Crippen LogP contribution is 2.30. The summed E-state index contributed by atoms with van der Waals surface area (Å²) in [6.07, 6.45) is 3.61. The molecule has 1 N–H and O–H groups in total. The molecule has 1 aromatic heterocycles. The van der Waals surface area contributed by atoms with Crippen LogP contribution in [0.5, 0.6) is 0 Å². The molecule has 0 aliphatic carbocycles. The van der Waals surface area contributed by atoms with E-state index in [4.69, 9.17) is 11.6 Å². The van der Waals surface area contributed by atoms with Crippen LogP contribution >= 0.6 is 11.6 Å². The molecular weight excluding hydrogens is 366 g/mol. The number of benzene rings is 2. The standard InChI is InChI=1S/C24H28ClN3/c1-18(19-5-3-2-4-6-19)11-14-28-15-12-21(13-16-28)24-17-23(26-27-24)20-7-9-22(25)10-8-20/h2-10,17-18,21H,11-16H2,1H3,(H,26,27). The van der Waals surface area contributed by atoms with Crippen molar-refractivity contribution in [3.8, 4) is 11.3 Å². The number of H-pyrrole nitrogens is 1. The summed E-state index contributed by atoms with van der Waals surface area (Å²) in [5.74, 6) is 1.20. The Morgan fingerprint density at radius 1 is 1.07 bits per heavy atom. The maximum Gasteiger partial charge on any atom is 0.0923 e. The van der Waals surface area contributed by atoms with E-state index in [1.54, 1.807) is 0 Å². The first-order valence-electron chi connectivity index (χ1n) is 10.3. The van der Waals surface area contributed by atoms with Gasteiger partial charge in [-0.25, -0.2) is 0 Å². The Kier molecular flexibility index (Phi) is 6.13. The predicted octanol–water partition coefficient (Wildman–Crippen LogP) is 6.10. The van der Waals surface area contributed by atoms with Gasteiger partial charge in [0.15, 0.2) is 0 Å². The van der Waals surface area contributed by atoms with E-state index in [2.05, 4.69) is 58.4 Å². The molecule has 1 aliphatic rings. The number of piperidine rings is 1. The van der Waals surface area contributed by atoms with Crippen molar-refractivity contribution in [2.45, 2.75) is 38.0 Å². The fourth-order valence-corrected chi connectivity index (χ4v) is 4.23. The van der Waals surface area contributed by atoms with Crippen LogP contribution < -0.4 is 0 Å². The Balaban J connectivity index is 1.28. The molecule has 1 fully saturated rings. The van der Waals surface area contributed by atoms with E-state index < -0.39 is 0 Å². The molecule has 4 heteroatoms. The van der Waals surface area contributed by atoms with Crippen LogP contribution in [0.25, 0.3) is 11.3 Å². The zero-order valence-electron chi connectivity index (χ0n) is 16.4. The molecule has 28 heavy (non-hydrogen) atoms. The summed E-state index contributed by atoms with van der Waals surface area (Å²) in [5, 5.41) is 8.55. The highest BCUT2D eigenvalue weighted by Gasteiger charge is 2.22. The first kappa shape index (κ1) is 19.2. The van der Waals surface area contributed by atoms with E-state index in [9.17, 15) is 0 Å². The molecule has 0 bridgehead atoms. The van der Waals surface area contributed by atoms with Gasteiger partial charge in [-0.05, 0) is 68.6 Å². The van der Waals surface area contributed by atoms with Crippen LogP contribution in [0.1, 0.15) is 49.3 Å². The van der Waals surface area contributed by atoms with Crippen molar-refractivity contribution in [2.24, 2.45) is 0 Å². The molecule has 0 radical (unpaired) electrons. The maximum absolute atomic E-state index is 5.99. The molecule has 1 atom stereocenters. The van der Waals surface area contributed by atoms with Gasteiger partial charge in [-0.2, -0.15) is 5.10 Å². The first-order valence-corrected chi connectivity index (χ1v) is 10.7. The second kappa shape index (κ2) is 8.93. The van der Waals surface area contributed by atoms with E-state index in [-0.39, 0.29) is 0 Å². The molecular formula is C24H28ClN3. The number of likely N-dealkylation sites (tertiary alicyclic amines) is 1. The van der Waals surface area contributed by atoms with E-state index in [0.717, 1.165) is 16.3 Å². The third-order valence-corrected chi connectivity index (χ3v) is 6.26. The lowest BCUT2D eigenvalue weighted by molar-refractivity contribution is 0.205. The number of halogens is 1. The average molecular weight is 394 g/mol. The van der Waals surface area contributed by atoms with Crippen LogP contribution in [0.2, 0.25) is 5.02 Å². The highest BCUT2D eigenvalue weighted by molar-refractivity contribution is 6.30. The van der Waals surface area contributed by atoms with Crippen LogP contribution in [0.4, 0.5) is 0 Å². The number of nitrogens with zero attached hydrogens (tertiary/aromatic N) is 2. The van der Waals surface area contributed by atoms with E-state index in [1.165, 1.54) is 50.2 Å². The minimum atomic E-state index is 0.580. The number of aromatic amines is 1. The van der Waals surface area contributed by atoms with Gasteiger partial charge in [0.25, 0.3) is 0 Å². The molecule has 0 saturated carbocycles. The molecule has 0 spiro atoms. The van der Waals surface area contributed by atoms with Gasteiger partial charge in [-0.15, -0.1) is 0 Å². The van der Waals surface area contributed by atoms with Crippen molar-refractivity contribution >= 4 is 11.6 Å². The Morgan fingerprint density at radius 3 is 2.50 bits per heavy atom. The van der Waals surface area contributed by atoms with E-state index in [1.807, 2.05) is 24.3 Å². The predicted molar refractivity (Wildman–Crippen MR) is 117 cm³/mol. The topological polar surface area (TPSA) is 31.9 Å². The van der Waals surface area contributed by atoms with Gasteiger partial charge in [0, 0.05) is 22.2 Å². The molecule has 0 amide bonds. The van der Waals surface area contributed by atoms with Crippen molar-refractivity contribution in [3.05, 3.63) is 76.9 Å². The fourth-order valence-electron chi connectivity index (χ4n) is 4.11. The lowest BCUT2D eigenvalue weighted by Gasteiger charge is -2.32. The quantitative estimate of drug-likeness (QED) is 0.548. The summed E-state index contributed by atoms with van der Waals surface area (Å²) < 4.78 is 0. The summed E-state index contributed by atoms with van der Waals surface area (Å²) in [5.41, 5.74) is 4.83. The third-order valence-electron chi connectivity index (χ3n) is 6.01. The summed E-state index contributed by atoms with van der Waals surface area (Å²) in [6.45, 7) is 5.86. The molecule has 1 saturated heterocycles. The molecule has 3 aromatic rings. The van der Waals surface area contributed by atoms with Crippen LogP contribution in [-0.4, -0.2) is 34.7 Å². The molecule has 1 aliphatic heterocycles. The molecule has 2 aromatic carbocycles. The largest absolute Gasteiger partial charge is 0.303 e. The Bertz CT molecular complexity index is 864. The van der Waals surface area contributed by atoms with Gasteiger partial charge >= 0.3 is 0 Å². The van der Waals surface area contributed by atoms with Gasteiger partial charge in [0.05, 0.1) is 5.69 Å². The number of rotatable bonds is 6. The van der Waals surface area contributed by atoms with Gasteiger partial charge < -0.3 is 4.90 Å². The SMILES string of the molecule is CC(CCN1CCC(c2cc(-c3ccc(Cl)cc3)n[nH]2)CC1)c1ccccc1. The van der Waals surface area contributed by atoms with Crippen LogP contribution in [-0.2, 0) is 0 Å². The molecule has 2 heterocycles. The smallest absolute Gasteiger partial charge is 0.0923 e. The van der Waals surface area contributed by atoms with Crippen LogP contribution in [0, 0.1) is 0 Å². The van der Waals surface area contributed by atoms with Crippen molar-refractivity contribution in [2.75, 3.05) is 19.6 Å². The van der Waals surface area contributed by atoms with Gasteiger partial charge in [0.2, 0.25) is 0 Å². The van der Waals surface area contributed by atoms with Gasteiger partial charge in [0.1, 0.15) is 0 Å². The minimum Gasteiger partial charge on any atom is -0.303 e. The van der Waals surface area contributed by atoms with Gasteiger partial charge in [-0.3, -0.25) is 5.10 Å². The number of hydrogen-bond donors (Lipinski definition) is 1. The first-order chi connectivity index (χ1) is 13.7. The Hall–Kier alpha value is -2.10. The number of hydrogen-bond acceptors (Lipinski definition) is 2. The van der Waals surface area contributed by atoms with Crippen molar-refractivity contribution < 1.29 is 0 Å². The fraction of sp³-hybridized carbons (Fsp3) is 0.375. The Labute approximate surface area is 172 Å². The van der Waals surface area contributed by atoms with Crippen LogP contribution in [0.3, 0.4) is 0 Å². The lowest BCUT2D eigenvalue weighted by atomic mass is 9.92. The van der Waals surface area contributed by atoms with Crippen molar-refractivity contribution in [3.63, 3.8) is 0 Å². The monoisotopic (exact) mass is 393 g/mol. The number of aromatic nitrogens is 2. The zero-order valence-corrected chi connectivity index (χ0v) is 17.2. The minimum absolute atomic E-state index is 0.580. The second-order valence-electron chi connectivity index (χ2n) is 7.93. The lowest BCUT2D eigenvalue weighted by Crippen LogP contribution is -2.34. The maximum atomic E-state index is 5.99. The molecule has 3 nitrogen and oxygen atoms in total. The van der Waals surface area contributed by atoms with Crippen LogP contribution in [0.15, 0.2) is 60.7 Å². The van der Waals surface area contributed by atoms with E-state index >= 15 is 0 Å². The summed E-state index contributed by atoms with van der Waals surface area (Å²) in [4.78, 5) is 2.62. The summed E-state index contributed by atoms with van der Waals surface area (Å²) >= 11 is 5.99. The molecule has 4 rings (SSSR count). The second-order valence-corrected chi connectivity index (χ2v) is 8.37. The highest BCUT2D eigenvalue weighted by atomic mass is 35.5. The molecule has 146 valence electrons. The Morgan fingerprint density at radius 2 is 1.79 bits per heavy atom. The normalized spacial score (nSPS) is 16.9. The van der Waals surface area contributed by atoms with Crippen molar-refractivity contribution in [1.82, 2.24) is 15.1 Å². The third kappa shape index (κ3) is 4.65. The van der Waals surface area contributed by atoms with Gasteiger partial charge in [-0.1, -0.05) is 61.0 Å². The van der Waals surface area contributed by atoms with E-state index in [0.29, 0.717) is 11.8 Å². The summed E-state index contributed by atoms with van der Waals surface area (Å²) in [7, 11) is 0. The number of nitrogens with one attached hydrogen (secondary N) is 1. The van der Waals surface area contributed by atoms with Crippen molar-refractivity contribution in [1.29, 1.82) is 0 Å².